The topological polar surface area (TPSA) is 35.5 Å². The van der Waals surface area contributed by atoms with Crippen LogP contribution >= 0.6 is 23.8 Å². The Kier molecular flexibility index (Phi) is 5.02. The smallest absolute Gasteiger partial charge is 0.173 e. The number of aliphatic hydroxyl groups is 1. The number of halogens is 1. The molecule has 1 heterocycles. The maximum atomic E-state index is 9.24. The van der Waals surface area contributed by atoms with E-state index in [0.29, 0.717) is 11.0 Å². The fourth-order valence-corrected chi connectivity index (χ4v) is 2.74. The lowest BCUT2D eigenvalue weighted by atomic mass is 9.99. The van der Waals surface area contributed by atoms with Crippen LogP contribution in [0, 0.1) is 12.8 Å². The Bertz CT molecular complexity index is 467. The van der Waals surface area contributed by atoms with Crippen LogP contribution in [0.25, 0.3) is 0 Å². The average Bonchev–Trinajstić information content (AvgIpc) is 2.43. The number of aryl methyl sites for hydroxylation is 1. The molecule has 0 aliphatic carbocycles. The van der Waals surface area contributed by atoms with Crippen LogP contribution in [-0.2, 0) is 0 Å². The number of hydrogen-bond acceptors (Lipinski definition) is 2. The minimum absolute atomic E-state index is 0.232. The number of hydrogen-bond donors (Lipinski definition) is 2. The molecule has 1 aromatic rings. The van der Waals surface area contributed by atoms with Crippen molar-refractivity contribution in [3.8, 4) is 0 Å². The predicted molar refractivity (Wildman–Crippen MR) is 83.8 cm³/mol. The third-order valence-electron chi connectivity index (χ3n) is 3.49. The minimum Gasteiger partial charge on any atom is -0.396 e. The summed E-state index contributed by atoms with van der Waals surface area (Å²) in [5.41, 5.74) is 1.96. The van der Waals surface area contributed by atoms with Crippen LogP contribution in [0.2, 0.25) is 5.02 Å². The summed E-state index contributed by atoms with van der Waals surface area (Å²) in [7, 11) is 0. The highest BCUT2D eigenvalue weighted by atomic mass is 35.5. The second-order valence-electron chi connectivity index (χ2n) is 5.03. The number of piperidine rings is 1. The zero-order chi connectivity index (χ0) is 13.8. The molecule has 0 aromatic heterocycles. The summed E-state index contributed by atoms with van der Waals surface area (Å²) in [6.07, 6.45) is 2.15. The number of thiocarbonyl (C=S) groups is 1. The maximum absolute atomic E-state index is 9.24. The average molecular weight is 299 g/mol. The van der Waals surface area contributed by atoms with Gasteiger partial charge in [0.05, 0.1) is 0 Å². The molecule has 19 heavy (non-hydrogen) atoms. The summed E-state index contributed by atoms with van der Waals surface area (Å²) in [4.78, 5) is 2.12. The van der Waals surface area contributed by atoms with Crippen LogP contribution in [0.4, 0.5) is 5.69 Å². The number of anilines is 1. The SMILES string of the molecule is Cc1ccc(NC(=S)N2CCC[C@H](CO)C2)cc1Cl. The molecule has 5 heteroatoms. The number of nitrogens with zero attached hydrogens (tertiary/aromatic N) is 1. The molecular formula is C14H19ClN2OS. The van der Waals surface area contributed by atoms with Crippen molar-refractivity contribution < 1.29 is 5.11 Å². The van der Waals surface area contributed by atoms with Crippen molar-refractivity contribution in [2.45, 2.75) is 19.8 Å². The van der Waals surface area contributed by atoms with Crippen LogP contribution < -0.4 is 5.32 Å². The summed E-state index contributed by atoms with van der Waals surface area (Å²) in [5.74, 6) is 0.329. The normalized spacial score (nSPS) is 19.3. The van der Waals surface area contributed by atoms with Gasteiger partial charge in [-0.1, -0.05) is 17.7 Å². The fraction of sp³-hybridized carbons (Fsp3) is 0.500. The predicted octanol–water partition coefficient (Wildman–Crippen LogP) is 3.05. The summed E-state index contributed by atoms with van der Waals surface area (Å²) in [6.45, 7) is 3.97. The molecule has 0 spiro atoms. The number of benzene rings is 1. The van der Waals surface area contributed by atoms with Gasteiger partial charge in [-0.15, -0.1) is 0 Å². The largest absolute Gasteiger partial charge is 0.396 e. The minimum atomic E-state index is 0.232. The molecule has 0 radical (unpaired) electrons. The molecular weight excluding hydrogens is 280 g/mol. The molecule has 3 nitrogen and oxygen atoms in total. The van der Waals surface area contributed by atoms with Gasteiger partial charge in [-0.2, -0.15) is 0 Å². The van der Waals surface area contributed by atoms with Gasteiger partial charge >= 0.3 is 0 Å². The van der Waals surface area contributed by atoms with E-state index in [4.69, 9.17) is 23.8 Å². The second-order valence-corrected chi connectivity index (χ2v) is 5.82. The molecule has 1 aliphatic heterocycles. The quantitative estimate of drug-likeness (QED) is 0.823. The molecule has 0 amide bonds. The van der Waals surface area contributed by atoms with Crippen LogP contribution in [0.3, 0.4) is 0 Å². The van der Waals surface area contributed by atoms with Crippen molar-refractivity contribution in [2.24, 2.45) is 5.92 Å². The second kappa shape index (κ2) is 6.55. The van der Waals surface area contributed by atoms with Gasteiger partial charge in [-0.05, 0) is 55.6 Å². The Morgan fingerprint density at radius 2 is 2.37 bits per heavy atom. The van der Waals surface area contributed by atoms with E-state index in [1.807, 2.05) is 25.1 Å². The highest BCUT2D eigenvalue weighted by molar-refractivity contribution is 7.80. The van der Waals surface area contributed by atoms with Gasteiger partial charge in [0, 0.05) is 30.4 Å². The zero-order valence-corrected chi connectivity index (χ0v) is 12.6. The lowest BCUT2D eigenvalue weighted by Gasteiger charge is -2.33. The van der Waals surface area contributed by atoms with E-state index >= 15 is 0 Å². The highest BCUT2D eigenvalue weighted by Crippen LogP contribution is 2.21. The van der Waals surface area contributed by atoms with E-state index < -0.39 is 0 Å². The molecule has 1 aromatic carbocycles. The zero-order valence-electron chi connectivity index (χ0n) is 11.0. The third kappa shape index (κ3) is 3.81. The highest BCUT2D eigenvalue weighted by Gasteiger charge is 2.21. The number of nitrogens with one attached hydrogen (secondary N) is 1. The fourth-order valence-electron chi connectivity index (χ4n) is 2.27. The lowest BCUT2D eigenvalue weighted by molar-refractivity contribution is 0.162. The first-order valence-corrected chi connectivity index (χ1v) is 7.31. The molecule has 2 N–H and O–H groups in total. The van der Waals surface area contributed by atoms with Gasteiger partial charge in [0.15, 0.2) is 5.11 Å². The van der Waals surface area contributed by atoms with E-state index in [9.17, 15) is 5.11 Å². The standard InChI is InChI=1S/C14H19ClN2OS/c1-10-4-5-12(7-13(10)15)16-14(19)17-6-2-3-11(8-17)9-18/h4-5,7,11,18H,2-3,6,8-9H2,1H3,(H,16,19)/t11-/m0/s1. The van der Waals surface area contributed by atoms with Crippen molar-refractivity contribution in [2.75, 3.05) is 25.0 Å². The molecule has 104 valence electrons. The first-order chi connectivity index (χ1) is 9.10. The van der Waals surface area contributed by atoms with Crippen LogP contribution in [0.5, 0.6) is 0 Å². The molecule has 1 saturated heterocycles. The van der Waals surface area contributed by atoms with Crippen LogP contribution in [-0.4, -0.2) is 34.8 Å². The van der Waals surface area contributed by atoms with Crippen molar-refractivity contribution in [3.05, 3.63) is 28.8 Å². The molecule has 1 aliphatic rings. The molecule has 2 rings (SSSR count). The first kappa shape index (κ1) is 14.6. The summed E-state index contributed by atoms with van der Waals surface area (Å²) >= 11 is 11.5. The van der Waals surface area contributed by atoms with E-state index in [2.05, 4.69) is 10.2 Å². The van der Waals surface area contributed by atoms with Gasteiger partial charge in [-0.3, -0.25) is 0 Å². The van der Waals surface area contributed by atoms with Crippen molar-refractivity contribution in [3.63, 3.8) is 0 Å². The van der Waals surface area contributed by atoms with Gasteiger partial charge in [0.1, 0.15) is 0 Å². The van der Waals surface area contributed by atoms with Crippen molar-refractivity contribution >= 4 is 34.6 Å². The Morgan fingerprint density at radius 3 is 3.05 bits per heavy atom. The lowest BCUT2D eigenvalue weighted by Crippen LogP contribution is -2.43. The summed E-state index contributed by atoms with van der Waals surface area (Å²) < 4.78 is 0. The van der Waals surface area contributed by atoms with Crippen LogP contribution in [0.1, 0.15) is 18.4 Å². The Hall–Kier alpha value is -0.840. The van der Waals surface area contributed by atoms with E-state index in [1.54, 1.807) is 0 Å². The van der Waals surface area contributed by atoms with Gasteiger partial charge in [-0.25, -0.2) is 0 Å². The van der Waals surface area contributed by atoms with E-state index in [0.717, 1.165) is 42.2 Å². The van der Waals surface area contributed by atoms with Crippen molar-refractivity contribution in [1.82, 2.24) is 4.90 Å². The Labute approximate surface area is 124 Å². The van der Waals surface area contributed by atoms with E-state index in [1.165, 1.54) is 0 Å². The monoisotopic (exact) mass is 298 g/mol. The Morgan fingerprint density at radius 1 is 1.58 bits per heavy atom. The van der Waals surface area contributed by atoms with Crippen LogP contribution in [0.15, 0.2) is 18.2 Å². The third-order valence-corrected chi connectivity index (χ3v) is 4.25. The number of likely N-dealkylation sites (tertiary alicyclic amines) is 1. The summed E-state index contributed by atoms with van der Waals surface area (Å²) in [6, 6.07) is 5.83. The van der Waals surface area contributed by atoms with E-state index in [-0.39, 0.29) is 6.61 Å². The number of rotatable bonds is 2. The molecule has 0 saturated carbocycles. The van der Waals surface area contributed by atoms with Gasteiger partial charge in [0.2, 0.25) is 0 Å². The first-order valence-electron chi connectivity index (χ1n) is 6.53. The summed E-state index contributed by atoms with van der Waals surface area (Å²) in [5, 5.41) is 13.9. The van der Waals surface area contributed by atoms with Gasteiger partial charge in [0.25, 0.3) is 0 Å². The molecule has 0 bridgehead atoms. The molecule has 1 atom stereocenters. The molecule has 0 unspecified atom stereocenters. The van der Waals surface area contributed by atoms with Gasteiger partial charge < -0.3 is 15.3 Å². The van der Waals surface area contributed by atoms with Crippen molar-refractivity contribution in [1.29, 1.82) is 0 Å². The maximum Gasteiger partial charge on any atom is 0.173 e. The Balaban J connectivity index is 1.98. The molecule has 1 fully saturated rings. The number of aliphatic hydroxyl groups excluding tert-OH is 1.